The monoisotopic (exact) mass is 444 g/mol. The van der Waals surface area contributed by atoms with Crippen molar-refractivity contribution in [3.8, 4) is 11.5 Å². The fourth-order valence-electron chi connectivity index (χ4n) is 3.21. The highest BCUT2D eigenvalue weighted by atomic mass is 32.2. The molecule has 1 heterocycles. The number of halogens is 3. The molecule has 0 spiro atoms. The van der Waals surface area contributed by atoms with Crippen molar-refractivity contribution in [3.63, 3.8) is 0 Å². The smallest absolute Gasteiger partial charge is 0.489 e. The maximum atomic E-state index is 12.5. The van der Waals surface area contributed by atoms with Crippen molar-refractivity contribution in [2.45, 2.75) is 51.3 Å². The molecule has 0 aromatic heterocycles. The van der Waals surface area contributed by atoms with Gasteiger partial charge in [-0.15, -0.1) is 0 Å². The van der Waals surface area contributed by atoms with Crippen LogP contribution < -0.4 is 9.47 Å². The zero-order valence-electron chi connectivity index (χ0n) is 16.9. The van der Waals surface area contributed by atoms with Gasteiger partial charge in [-0.1, -0.05) is 30.3 Å². The van der Waals surface area contributed by atoms with Crippen LogP contribution >= 0.6 is 0 Å². The zero-order chi connectivity index (χ0) is 22.2. The summed E-state index contributed by atoms with van der Waals surface area (Å²) in [6.07, 6.45) is 0.790. The first-order chi connectivity index (χ1) is 13.9. The molecule has 2 aromatic rings. The molecule has 0 aliphatic carbocycles. The van der Waals surface area contributed by atoms with E-state index in [9.17, 15) is 21.6 Å². The Balaban J connectivity index is 1.76. The van der Waals surface area contributed by atoms with Crippen molar-refractivity contribution in [2.24, 2.45) is 0 Å². The molecule has 164 valence electrons. The summed E-state index contributed by atoms with van der Waals surface area (Å²) in [4.78, 5) is 0. The number of rotatable bonds is 6. The van der Waals surface area contributed by atoms with Crippen LogP contribution in [-0.4, -0.2) is 26.1 Å². The predicted molar refractivity (Wildman–Crippen MR) is 105 cm³/mol. The minimum absolute atomic E-state index is 0.300. The summed E-state index contributed by atoms with van der Waals surface area (Å²) < 4.78 is 76.2. The van der Waals surface area contributed by atoms with Crippen LogP contribution in [0.15, 0.2) is 36.4 Å². The standard InChI is InChI=1S/C21H23F3O5S/c1-14-15(2)19-17(11-18(14)27-12-16-7-5-4-6-8-16)9-10-20(3,29-19)13-28-30(25,26)21(22,23)24/h4-8,11H,9-10,12-13H2,1-3H3/t20-/m0/s1. The second-order valence-corrected chi connectivity index (χ2v) is 9.21. The summed E-state index contributed by atoms with van der Waals surface area (Å²) in [6.45, 7) is 4.93. The fraction of sp³-hybridized carbons (Fsp3) is 0.429. The largest absolute Gasteiger partial charge is 0.523 e. The first kappa shape index (κ1) is 22.4. The van der Waals surface area contributed by atoms with Gasteiger partial charge >= 0.3 is 15.6 Å². The van der Waals surface area contributed by atoms with E-state index >= 15 is 0 Å². The number of alkyl halides is 3. The number of fused-ring (bicyclic) bond motifs is 1. The van der Waals surface area contributed by atoms with E-state index in [1.54, 1.807) is 0 Å². The first-order valence-electron chi connectivity index (χ1n) is 9.36. The molecule has 0 saturated carbocycles. The van der Waals surface area contributed by atoms with E-state index in [4.69, 9.17) is 9.47 Å². The third kappa shape index (κ3) is 4.73. The lowest BCUT2D eigenvalue weighted by atomic mass is 9.90. The molecule has 30 heavy (non-hydrogen) atoms. The molecule has 1 aliphatic rings. The molecule has 0 saturated heterocycles. The lowest BCUT2D eigenvalue weighted by Gasteiger charge is -2.36. The number of hydrogen-bond acceptors (Lipinski definition) is 5. The summed E-state index contributed by atoms with van der Waals surface area (Å²) in [6, 6.07) is 11.6. The molecule has 3 rings (SSSR count). The maximum Gasteiger partial charge on any atom is 0.523 e. The lowest BCUT2D eigenvalue weighted by Crippen LogP contribution is -2.43. The molecule has 1 atom stereocenters. The van der Waals surface area contributed by atoms with Crippen molar-refractivity contribution < 1.29 is 35.2 Å². The van der Waals surface area contributed by atoms with E-state index in [-0.39, 0.29) is 0 Å². The third-order valence-corrected chi connectivity index (χ3v) is 6.18. The Hall–Kier alpha value is -2.26. The molecule has 0 unspecified atom stereocenters. The molecule has 9 heteroatoms. The van der Waals surface area contributed by atoms with Gasteiger partial charge in [0.25, 0.3) is 0 Å². The van der Waals surface area contributed by atoms with Gasteiger partial charge in [0, 0.05) is 0 Å². The summed E-state index contributed by atoms with van der Waals surface area (Å²) in [5.74, 6) is 1.24. The van der Waals surface area contributed by atoms with Crippen molar-refractivity contribution in [1.29, 1.82) is 0 Å². The molecule has 0 amide bonds. The molecular formula is C21H23F3O5S. The predicted octanol–water partition coefficient (Wildman–Crippen LogP) is 4.83. The zero-order valence-corrected chi connectivity index (χ0v) is 17.7. The maximum absolute atomic E-state index is 12.5. The average Bonchev–Trinajstić information content (AvgIpc) is 2.69. The van der Waals surface area contributed by atoms with Crippen LogP contribution in [0.1, 0.15) is 35.6 Å². The van der Waals surface area contributed by atoms with Gasteiger partial charge in [-0.05, 0) is 61.9 Å². The first-order valence-corrected chi connectivity index (χ1v) is 10.8. The Morgan fingerprint density at radius 3 is 2.43 bits per heavy atom. The van der Waals surface area contributed by atoms with E-state index in [1.807, 2.05) is 50.2 Å². The topological polar surface area (TPSA) is 61.8 Å². The summed E-state index contributed by atoms with van der Waals surface area (Å²) in [5, 5.41) is 0. The molecule has 0 N–H and O–H groups in total. The Kier molecular flexibility index (Phi) is 6.06. The highest BCUT2D eigenvalue weighted by Gasteiger charge is 2.49. The quantitative estimate of drug-likeness (QED) is 0.472. The molecular weight excluding hydrogens is 421 g/mol. The number of ether oxygens (including phenoxy) is 2. The number of benzene rings is 2. The van der Waals surface area contributed by atoms with Gasteiger partial charge in [0.1, 0.15) is 30.3 Å². The molecule has 5 nitrogen and oxygen atoms in total. The number of aryl methyl sites for hydroxylation is 1. The Morgan fingerprint density at radius 2 is 1.80 bits per heavy atom. The Morgan fingerprint density at radius 1 is 1.13 bits per heavy atom. The average molecular weight is 444 g/mol. The normalized spacial score (nSPS) is 19.1. The van der Waals surface area contributed by atoms with Gasteiger partial charge in [-0.25, -0.2) is 0 Å². The van der Waals surface area contributed by atoms with Gasteiger partial charge < -0.3 is 9.47 Å². The van der Waals surface area contributed by atoms with Crippen LogP contribution in [0.2, 0.25) is 0 Å². The second-order valence-electron chi connectivity index (χ2n) is 7.60. The van der Waals surface area contributed by atoms with Crippen LogP contribution in [0.4, 0.5) is 13.2 Å². The lowest BCUT2D eigenvalue weighted by molar-refractivity contribution is -0.0606. The minimum Gasteiger partial charge on any atom is -0.489 e. The van der Waals surface area contributed by atoms with E-state index in [0.29, 0.717) is 30.9 Å². The van der Waals surface area contributed by atoms with Crippen molar-refractivity contribution in [1.82, 2.24) is 0 Å². The van der Waals surface area contributed by atoms with Crippen LogP contribution in [-0.2, 0) is 27.3 Å². The third-order valence-electron chi connectivity index (χ3n) is 5.18. The van der Waals surface area contributed by atoms with E-state index in [1.165, 1.54) is 6.92 Å². The molecule has 0 fully saturated rings. The Labute approximate surface area is 173 Å². The van der Waals surface area contributed by atoms with E-state index in [2.05, 4.69) is 4.18 Å². The van der Waals surface area contributed by atoms with Gasteiger partial charge in [0.2, 0.25) is 0 Å². The summed E-state index contributed by atoms with van der Waals surface area (Å²) >= 11 is 0. The fourth-order valence-corrected chi connectivity index (χ4v) is 3.75. The molecule has 2 aromatic carbocycles. The summed E-state index contributed by atoms with van der Waals surface area (Å²) in [7, 11) is -5.67. The highest BCUT2D eigenvalue weighted by molar-refractivity contribution is 7.87. The van der Waals surface area contributed by atoms with Crippen molar-refractivity contribution in [2.75, 3.05) is 6.61 Å². The second kappa shape index (κ2) is 8.11. The molecule has 0 radical (unpaired) electrons. The van der Waals surface area contributed by atoms with Crippen LogP contribution in [0.3, 0.4) is 0 Å². The van der Waals surface area contributed by atoms with Crippen LogP contribution in [0, 0.1) is 13.8 Å². The van der Waals surface area contributed by atoms with Gasteiger partial charge in [-0.3, -0.25) is 4.18 Å². The van der Waals surface area contributed by atoms with Crippen molar-refractivity contribution >= 4 is 10.1 Å². The summed E-state index contributed by atoms with van der Waals surface area (Å²) in [5.41, 5.74) is -3.14. The molecule has 1 aliphatic heterocycles. The van der Waals surface area contributed by atoms with Crippen molar-refractivity contribution in [3.05, 3.63) is 58.7 Å². The Bertz CT molecular complexity index is 1020. The van der Waals surface area contributed by atoms with E-state index < -0.39 is 27.8 Å². The van der Waals surface area contributed by atoms with Crippen LogP contribution in [0.25, 0.3) is 0 Å². The number of hydrogen-bond donors (Lipinski definition) is 0. The van der Waals surface area contributed by atoms with Gasteiger partial charge in [0.15, 0.2) is 0 Å². The van der Waals surface area contributed by atoms with Gasteiger partial charge in [-0.2, -0.15) is 21.6 Å². The van der Waals surface area contributed by atoms with Crippen LogP contribution in [0.5, 0.6) is 11.5 Å². The molecule has 0 bridgehead atoms. The van der Waals surface area contributed by atoms with Gasteiger partial charge in [0.05, 0.1) is 0 Å². The SMILES string of the molecule is Cc1c(OCc2ccccc2)cc2c(c1C)O[C@](C)(COS(=O)(=O)C(F)(F)F)CC2. The minimum atomic E-state index is -5.67. The highest BCUT2D eigenvalue weighted by Crippen LogP contribution is 2.41. The van der Waals surface area contributed by atoms with E-state index in [0.717, 1.165) is 22.3 Å².